The minimum absolute atomic E-state index is 0.223. The van der Waals surface area contributed by atoms with Crippen molar-refractivity contribution in [3.05, 3.63) is 9.91 Å². The van der Waals surface area contributed by atoms with Gasteiger partial charge in [0.1, 0.15) is 0 Å². The Morgan fingerprint density at radius 3 is 3.00 bits per heavy atom. The molecule has 0 fully saturated rings. The van der Waals surface area contributed by atoms with Gasteiger partial charge in [-0.15, -0.1) is 0 Å². The Bertz CT molecular complexity index is 160. The van der Waals surface area contributed by atoms with Crippen LogP contribution in [-0.2, 0) is 0 Å². The van der Waals surface area contributed by atoms with Gasteiger partial charge >= 0.3 is 74.4 Å². The van der Waals surface area contributed by atoms with Crippen LogP contribution in [0.2, 0.25) is 4.18 Å². The molecule has 0 saturated carbocycles. The number of allylic oxidation sites excluding steroid dienone is 1. The monoisotopic (exact) mass is 259 g/mol. The van der Waals surface area contributed by atoms with E-state index in [4.69, 9.17) is 0 Å². The molecule has 4 heteroatoms. The van der Waals surface area contributed by atoms with Crippen molar-refractivity contribution in [2.75, 3.05) is 0 Å². The molecule has 0 aromatic carbocycles. The number of nitrogens with one attached hydrogen (secondary N) is 1. The van der Waals surface area contributed by atoms with Gasteiger partial charge in [0, 0.05) is 0 Å². The van der Waals surface area contributed by atoms with E-state index in [9.17, 15) is 4.79 Å². The molecule has 1 aliphatic rings. The number of hydrogen-bond acceptors (Lipinski definition) is 2. The molecule has 0 atom stereocenters. The Hall–Kier alpha value is 0.430. The first-order valence-electron chi connectivity index (χ1n) is 3.45. The van der Waals surface area contributed by atoms with Crippen LogP contribution >= 0.6 is 12.8 Å². The zero-order valence-electron chi connectivity index (χ0n) is 5.71. The number of amides is 1. The number of carbonyl (C=O) groups is 1. The second kappa shape index (κ2) is 4.34. The van der Waals surface area contributed by atoms with E-state index in [2.05, 4.69) is 27.4 Å². The Morgan fingerprint density at radius 1 is 1.70 bits per heavy atom. The summed E-state index contributed by atoms with van der Waals surface area (Å²) in [6, 6.07) is 0. The van der Waals surface area contributed by atoms with Crippen molar-refractivity contribution >= 4 is 37.9 Å². The first kappa shape index (κ1) is 8.53. The van der Waals surface area contributed by atoms with Crippen LogP contribution in [-0.4, -0.2) is 25.1 Å². The van der Waals surface area contributed by atoms with Gasteiger partial charge in [0.2, 0.25) is 0 Å². The minimum atomic E-state index is -1.89. The fourth-order valence-corrected chi connectivity index (χ4v) is 7.91. The fraction of sp³-hybridized carbons (Fsp3) is 0.500. The molecule has 1 N–H and O–H groups in total. The van der Waals surface area contributed by atoms with Gasteiger partial charge in [-0.25, -0.2) is 0 Å². The molecule has 1 rings (SSSR count). The normalized spacial score (nSPS) is 17.1. The van der Waals surface area contributed by atoms with Crippen LogP contribution in [0.25, 0.3) is 0 Å². The summed E-state index contributed by atoms with van der Waals surface area (Å²) in [6.07, 6.45) is 4.51. The summed E-state index contributed by atoms with van der Waals surface area (Å²) in [4.78, 5) is 11.0. The zero-order valence-corrected chi connectivity index (χ0v) is 9.90. The third-order valence-corrected chi connectivity index (χ3v) is 9.99. The molecule has 0 aromatic heterocycles. The third-order valence-electron chi connectivity index (χ3n) is 1.70. The van der Waals surface area contributed by atoms with Crippen molar-refractivity contribution < 1.29 is 4.79 Å². The number of hydrogen-bond donors (Lipinski definition) is 2. The van der Waals surface area contributed by atoms with E-state index in [-0.39, 0.29) is 3.66 Å². The molecule has 0 aromatic rings. The van der Waals surface area contributed by atoms with Crippen LogP contribution in [0.15, 0.2) is 9.91 Å². The van der Waals surface area contributed by atoms with Crippen LogP contribution in [0.4, 0.5) is 4.79 Å². The van der Waals surface area contributed by atoms with Gasteiger partial charge < -0.3 is 0 Å². The van der Waals surface area contributed by atoms with Crippen molar-refractivity contribution in [2.24, 2.45) is 0 Å². The summed E-state index contributed by atoms with van der Waals surface area (Å²) in [5.74, 6) is 0. The fourth-order valence-electron chi connectivity index (χ4n) is 1.11. The van der Waals surface area contributed by atoms with E-state index < -0.39 is 21.4 Å². The van der Waals surface area contributed by atoms with Gasteiger partial charge in [0.05, 0.1) is 0 Å². The molecule has 1 amide bonds. The molecule has 1 aliphatic heterocycles. The van der Waals surface area contributed by atoms with E-state index in [0.29, 0.717) is 0 Å². The van der Waals surface area contributed by atoms with Gasteiger partial charge in [-0.05, 0) is 0 Å². The van der Waals surface area contributed by atoms with E-state index in [0.717, 1.165) is 6.42 Å². The first-order valence-corrected chi connectivity index (χ1v) is 9.78. The topological polar surface area (TPSA) is 29.1 Å². The molecule has 1 heterocycles. The average Bonchev–Trinajstić information content (AvgIpc) is 2.05. The van der Waals surface area contributed by atoms with Crippen molar-refractivity contribution in [3.8, 4) is 0 Å². The van der Waals surface area contributed by atoms with Crippen molar-refractivity contribution in [3.63, 3.8) is 0 Å². The Labute approximate surface area is 74.1 Å². The first-order chi connectivity index (χ1) is 4.84. The molecule has 10 heavy (non-hydrogen) atoms. The van der Waals surface area contributed by atoms with E-state index in [1.54, 1.807) is 0 Å². The van der Waals surface area contributed by atoms with E-state index in [1.807, 2.05) is 0 Å². The van der Waals surface area contributed by atoms with Crippen molar-refractivity contribution in [2.45, 2.75) is 17.0 Å². The summed E-state index contributed by atoms with van der Waals surface area (Å²) in [7, 11) is 0. The molecule has 54 valence electrons. The van der Waals surface area contributed by atoms with Crippen LogP contribution in [0.5, 0.6) is 0 Å². The molecule has 0 aliphatic carbocycles. The van der Waals surface area contributed by atoms with Gasteiger partial charge in [0.15, 0.2) is 0 Å². The van der Waals surface area contributed by atoms with Crippen molar-refractivity contribution in [1.82, 2.24) is 4.72 Å². The third kappa shape index (κ3) is 2.24. The zero-order chi connectivity index (χ0) is 7.40. The van der Waals surface area contributed by atoms with Crippen LogP contribution < -0.4 is 4.72 Å². The maximum atomic E-state index is 11.0. The van der Waals surface area contributed by atoms with Gasteiger partial charge in [0.25, 0.3) is 0 Å². The Morgan fingerprint density at radius 2 is 2.50 bits per heavy atom. The van der Waals surface area contributed by atoms with Crippen LogP contribution in [0.3, 0.4) is 0 Å². The van der Waals surface area contributed by atoms with Gasteiger partial charge in [-0.3, -0.25) is 0 Å². The van der Waals surface area contributed by atoms with E-state index in [1.165, 1.54) is 10.6 Å². The summed E-state index contributed by atoms with van der Waals surface area (Å²) < 4.78 is 5.99. The predicted molar refractivity (Wildman–Crippen MR) is 46.5 cm³/mol. The summed E-state index contributed by atoms with van der Waals surface area (Å²) in [5.41, 5.74) is 0. The SMILES string of the molecule is O=[C](NS)[In]1[CH]=CCC[CH2]1. The standard InChI is InChI=1S/C5H8.CH2NOS.In/c1-3-5-4-2;3-1-2-4;/h1,3H,2,4-5H2;4H,(H,2,3);. The number of carbonyl (C=O) groups excluding carboxylic acids is 1. The summed E-state index contributed by atoms with van der Waals surface area (Å²) >= 11 is 1.86. The average molecular weight is 259 g/mol. The summed E-state index contributed by atoms with van der Waals surface area (Å²) in [5, 5.41) is 0. The Balaban J connectivity index is 2.46. The molecule has 0 bridgehead atoms. The predicted octanol–water partition coefficient (Wildman–Crippen LogP) is 1.51. The Kier molecular flexibility index (Phi) is 3.70. The second-order valence-electron chi connectivity index (χ2n) is 2.44. The van der Waals surface area contributed by atoms with E-state index >= 15 is 0 Å². The molecule has 2 nitrogen and oxygen atoms in total. The number of thiol groups is 1. The molecular weight excluding hydrogens is 249 g/mol. The summed E-state index contributed by atoms with van der Waals surface area (Å²) in [6.45, 7) is 0. The van der Waals surface area contributed by atoms with Crippen LogP contribution in [0.1, 0.15) is 12.8 Å². The molecule has 0 unspecified atom stereocenters. The number of rotatable bonds is 1. The maximum absolute atomic E-state index is 11.0. The van der Waals surface area contributed by atoms with Gasteiger partial charge in [-0.1, -0.05) is 0 Å². The molecule has 0 radical (unpaired) electrons. The quantitative estimate of drug-likeness (QED) is 0.686. The van der Waals surface area contributed by atoms with Crippen molar-refractivity contribution in [1.29, 1.82) is 0 Å². The molecule has 0 saturated heterocycles. The van der Waals surface area contributed by atoms with Gasteiger partial charge in [-0.2, -0.15) is 0 Å². The van der Waals surface area contributed by atoms with Crippen LogP contribution in [0, 0.1) is 0 Å². The molecule has 0 spiro atoms. The molecular formula is C6H10InNOS. The second-order valence-corrected chi connectivity index (χ2v) is 10.4.